The van der Waals surface area contributed by atoms with Gasteiger partial charge in [-0.25, -0.2) is 4.79 Å². The molecule has 0 bridgehead atoms. The van der Waals surface area contributed by atoms with Crippen LogP contribution in [0.3, 0.4) is 0 Å². The molecule has 31 heavy (non-hydrogen) atoms. The normalized spacial score (nSPS) is 13.6. The number of urea groups is 1. The van der Waals surface area contributed by atoms with Gasteiger partial charge in [-0.15, -0.1) is 0 Å². The second-order valence-corrected chi connectivity index (χ2v) is 8.08. The molecule has 0 unspecified atom stereocenters. The average Bonchev–Trinajstić information content (AvgIpc) is 2.76. The Morgan fingerprint density at radius 2 is 1.81 bits per heavy atom. The SMILES string of the molecule is COCCNC(=O)c1cc(NC(=O)Nc2ccc(Cl)cc2Cl)ccc1N1CCCCC1. The van der Waals surface area contributed by atoms with E-state index in [1.54, 1.807) is 37.4 Å². The smallest absolute Gasteiger partial charge is 0.323 e. The number of nitrogens with one attached hydrogen (secondary N) is 3. The number of hydrogen-bond acceptors (Lipinski definition) is 4. The van der Waals surface area contributed by atoms with Crippen molar-refractivity contribution in [2.75, 3.05) is 48.9 Å². The minimum Gasteiger partial charge on any atom is -0.383 e. The Balaban J connectivity index is 1.77. The molecule has 3 amide bonds. The summed E-state index contributed by atoms with van der Waals surface area (Å²) < 4.78 is 5.02. The van der Waals surface area contributed by atoms with Gasteiger partial charge < -0.3 is 25.6 Å². The molecular formula is C22H26Cl2N4O3. The van der Waals surface area contributed by atoms with Crippen molar-refractivity contribution in [3.05, 3.63) is 52.0 Å². The molecule has 9 heteroatoms. The Hall–Kier alpha value is -2.48. The van der Waals surface area contributed by atoms with Gasteiger partial charge in [0.25, 0.3) is 5.91 Å². The largest absolute Gasteiger partial charge is 0.383 e. The molecule has 166 valence electrons. The quantitative estimate of drug-likeness (QED) is 0.503. The number of anilines is 3. The molecule has 7 nitrogen and oxygen atoms in total. The maximum atomic E-state index is 12.8. The van der Waals surface area contributed by atoms with Crippen molar-refractivity contribution in [2.45, 2.75) is 19.3 Å². The zero-order valence-corrected chi connectivity index (χ0v) is 18.9. The number of halogens is 2. The number of ether oxygens (including phenoxy) is 1. The average molecular weight is 465 g/mol. The lowest BCUT2D eigenvalue weighted by Crippen LogP contribution is -2.33. The van der Waals surface area contributed by atoms with Crippen molar-refractivity contribution in [2.24, 2.45) is 0 Å². The molecule has 0 aliphatic carbocycles. The van der Waals surface area contributed by atoms with E-state index < -0.39 is 6.03 Å². The van der Waals surface area contributed by atoms with E-state index in [2.05, 4.69) is 20.9 Å². The van der Waals surface area contributed by atoms with Gasteiger partial charge in [-0.3, -0.25) is 4.79 Å². The predicted octanol–water partition coefficient (Wildman–Crippen LogP) is 5.00. The monoisotopic (exact) mass is 464 g/mol. The first kappa shape index (κ1) is 23.2. The second kappa shape index (κ2) is 11.2. The number of nitrogens with zero attached hydrogens (tertiary/aromatic N) is 1. The third-order valence-corrected chi connectivity index (χ3v) is 5.51. The molecular weight excluding hydrogens is 439 g/mol. The second-order valence-electron chi connectivity index (χ2n) is 7.23. The van der Waals surface area contributed by atoms with Gasteiger partial charge in [-0.2, -0.15) is 0 Å². The Bertz CT molecular complexity index is 933. The molecule has 1 fully saturated rings. The minimum atomic E-state index is -0.472. The lowest BCUT2D eigenvalue weighted by Gasteiger charge is -2.30. The summed E-state index contributed by atoms with van der Waals surface area (Å²) >= 11 is 12.0. The summed E-state index contributed by atoms with van der Waals surface area (Å²) in [5, 5.41) is 9.12. The van der Waals surface area contributed by atoms with E-state index in [4.69, 9.17) is 27.9 Å². The number of amides is 3. The van der Waals surface area contributed by atoms with Gasteiger partial charge in [0.2, 0.25) is 0 Å². The molecule has 1 saturated heterocycles. The number of hydrogen-bond donors (Lipinski definition) is 3. The summed E-state index contributed by atoms with van der Waals surface area (Å²) in [6, 6.07) is 9.70. The van der Waals surface area contributed by atoms with Crippen LogP contribution in [0.4, 0.5) is 21.9 Å². The van der Waals surface area contributed by atoms with Crippen LogP contribution in [0.1, 0.15) is 29.6 Å². The van der Waals surface area contributed by atoms with E-state index in [1.165, 1.54) is 6.42 Å². The van der Waals surface area contributed by atoms with E-state index in [-0.39, 0.29) is 5.91 Å². The van der Waals surface area contributed by atoms with Crippen LogP contribution in [0.5, 0.6) is 0 Å². The summed E-state index contributed by atoms with van der Waals surface area (Å²) in [7, 11) is 1.58. The topological polar surface area (TPSA) is 82.7 Å². The summed E-state index contributed by atoms with van der Waals surface area (Å²) in [6.07, 6.45) is 3.38. The predicted molar refractivity (Wildman–Crippen MR) is 126 cm³/mol. The van der Waals surface area contributed by atoms with Crippen LogP contribution in [0.15, 0.2) is 36.4 Å². The molecule has 3 rings (SSSR count). The van der Waals surface area contributed by atoms with Crippen molar-refractivity contribution in [1.29, 1.82) is 0 Å². The number of benzene rings is 2. The Kier molecular flexibility index (Phi) is 8.40. The van der Waals surface area contributed by atoms with E-state index >= 15 is 0 Å². The molecule has 0 atom stereocenters. The number of piperidine rings is 1. The summed E-state index contributed by atoms with van der Waals surface area (Å²) in [5.74, 6) is -0.206. The van der Waals surface area contributed by atoms with Crippen LogP contribution < -0.4 is 20.9 Å². The maximum absolute atomic E-state index is 12.8. The fourth-order valence-corrected chi connectivity index (χ4v) is 3.90. The van der Waals surface area contributed by atoms with Crippen molar-refractivity contribution in [3.63, 3.8) is 0 Å². The molecule has 3 N–H and O–H groups in total. The minimum absolute atomic E-state index is 0.206. The Morgan fingerprint density at radius 3 is 2.52 bits per heavy atom. The first-order chi connectivity index (χ1) is 15.0. The number of rotatable bonds is 7. The fraction of sp³-hybridized carbons (Fsp3) is 0.364. The summed E-state index contributed by atoms with van der Waals surface area (Å²) in [4.78, 5) is 27.5. The Labute approximate surface area is 192 Å². The van der Waals surface area contributed by atoms with E-state index in [0.29, 0.717) is 40.1 Å². The molecule has 2 aromatic carbocycles. The maximum Gasteiger partial charge on any atom is 0.323 e. The molecule has 0 aromatic heterocycles. The highest BCUT2D eigenvalue weighted by Gasteiger charge is 2.19. The van der Waals surface area contributed by atoms with Crippen LogP contribution in [0.25, 0.3) is 0 Å². The first-order valence-electron chi connectivity index (χ1n) is 10.2. The van der Waals surface area contributed by atoms with Gasteiger partial charge in [0, 0.05) is 43.1 Å². The zero-order valence-electron chi connectivity index (χ0n) is 17.3. The lowest BCUT2D eigenvalue weighted by atomic mass is 10.1. The van der Waals surface area contributed by atoms with Crippen LogP contribution >= 0.6 is 23.2 Å². The molecule has 1 aliphatic heterocycles. The van der Waals surface area contributed by atoms with Gasteiger partial charge in [0.15, 0.2) is 0 Å². The molecule has 0 radical (unpaired) electrons. The van der Waals surface area contributed by atoms with E-state index in [9.17, 15) is 9.59 Å². The molecule has 1 heterocycles. The van der Waals surface area contributed by atoms with Crippen LogP contribution in [-0.2, 0) is 4.74 Å². The van der Waals surface area contributed by atoms with Gasteiger partial charge in [0.05, 0.1) is 22.9 Å². The van der Waals surface area contributed by atoms with E-state index in [1.807, 2.05) is 6.07 Å². The highest BCUT2D eigenvalue weighted by Crippen LogP contribution is 2.28. The van der Waals surface area contributed by atoms with Crippen LogP contribution in [0.2, 0.25) is 10.0 Å². The zero-order chi connectivity index (χ0) is 22.2. The van der Waals surface area contributed by atoms with E-state index in [0.717, 1.165) is 31.6 Å². The number of methoxy groups -OCH3 is 1. The van der Waals surface area contributed by atoms with Crippen LogP contribution in [-0.4, -0.2) is 45.3 Å². The number of carbonyl (C=O) groups is 2. The first-order valence-corrected chi connectivity index (χ1v) is 10.9. The van der Waals surface area contributed by atoms with Crippen molar-refractivity contribution < 1.29 is 14.3 Å². The summed E-state index contributed by atoms with van der Waals surface area (Å²) in [6.45, 7) is 2.64. The fourth-order valence-electron chi connectivity index (χ4n) is 3.44. The highest BCUT2D eigenvalue weighted by atomic mass is 35.5. The standard InChI is InChI=1S/C22H26Cl2N4O3/c1-31-12-9-25-21(29)17-14-16(6-8-20(17)28-10-3-2-4-11-28)26-22(30)27-19-7-5-15(23)13-18(19)24/h5-8,13-14H,2-4,9-12H2,1H3,(H,25,29)(H2,26,27,30). The highest BCUT2D eigenvalue weighted by molar-refractivity contribution is 6.36. The van der Waals surface area contributed by atoms with Crippen LogP contribution in [0, 0.1) is 0 Å². The van der Waals surface area contributed by atoms with Gasteiger partial charge >= 0.3 is 6.03 Å². The van der Waals surface area contributed by atoms with Gasteiger partial charge in [-0.05, 0) is 55.7 Å². The van der Waals surface area contributed by atoms with Crippen molar-refractivity contribution in [3.8, 4) is 0 Å². The lowest BCUT2D eigenvalue weighted by molar-refractivity contribution is 0.0937. The number of carbonyl (C=O) groups excluding carboxylic acids is 2. The molecule has 1 aliphatic rings. The van der Waals surface area contributed by atoms with Crippen molar-refractivity contribution in [1.82, 2.24) is 5.32 Å². The van der Waals surface area contributed by atoms with Gasteiger partial charge in [-0.1, -0.05) is 23.2 Å². The summed E-state index contributed by atoms with van der Waals surface area (Å²) in [5.41, 5.74) is 2.31. The van der Waals surface area contributed by atoms with Gasteiger partial charge in [0.1, 0.15) is 0 Å². The molecule has 0 spiro atoms. The molecule has 2 aromatic rings. The Morgan fingerprint density at radius 1 is 1.03 bits per heavy atom. The molecule has 0 saturated carbocycles. The third-order valence-electron chi connectivity index (χ3n) is 4.97. The third kappa shape index (κ3) is 6.50. The van der Waals surface area contributed by atoms with Crippen molar-refractivity contribution >= 4 is 52.2 Å².